The second-order valence-corrected chi connectivity index (χ2v) is 7.62. The van der Waals surface area contributed by atoms with Gasteiger partial charge in [-0.15, -0.1) is 13.2 Å². The molecule has 2 aromatic carbocycles. The van der Waals surface area contributed by atoms with E-state index in [-0.39, 0.29) is 18.1 Å². The number of carbonyl (C=O) groups excluding carboxylic acids is 2. The molecule has 32 heavy (non-hydrogen) atoms. The van der Waals surface area contributed by atoms with Crippen molar-refractivity contribution in [2.75, 3.05) is 18.9 Å². The average molecular weight is 461 g/mol. The summed E-state index contributed by atoms with van der Waals surface area (Å²) in [6.07, 6.45) is -3.21. The summed E-state index contributed by atoms with van der Waals surface area (Å²) in [5, 5.41) is 3.04. The molecule has 3 aromatic rings. The van der Waals surface area contributed by atoms with E-state index in [2.05, 4.69) is 15.0 Å². The minimum atomic E-state index is -4.79. The van der Waals surface area contributed by atoms with Crippen LogP contribution in [0.2, 0.25) is 0 Å². The normalized spacial score (nSPS) is 11.0. The van der Waals surface area contributed by atoms with Gasteiger partial charge in [0.25, 0.3) is 5.91 Å². The minimum Gasteiger partial charge on any atom is -0.406 e. The van der Waals surface area contributed by atoms with Crippen LogP contribution in [-0.2, 0) is 4.79 Å². The summed E-state index contributed by atoms with van der Waals surface area (Å²) in [7, 11) is 1.48. The van der Waals surface area contributed by atoms with Crippen molar-refractivity contribution in [2.24, 2.45) is 0 Å². The Kier molecular flexibility index (Phi) is 7.37. The summed E-state index contributed by atoms with van der Waals surface area (Å²) in [5.41, 5.74) is 0.623. The Balaban J connectivity index is 1.61. The van der Waals surface area contributed by atoms with Gasteiger partial charge in [-0.2, -0.15) is 0 Å². The van der Waals surface area contributed by atoms with Crippen LogP contribution in [0.15, 0.2) is 82.8 Å². The van der Waals surface area contributed by atoms with E-state index in [1.165, 1.54) is 35.8 Å². The lowest BCUT2D eigenvalue weighted by atomic mass is 10.2. The van der Waals surface area contributed by atoms with Gasteiger partial charge in [0, 0.05) is 23.8 Å². The highest BCUT2D eigenvalue weighted by atomic mass is 32.2. The Labute approximate surface area is 186 Å². The Morgan fingerprint density at radius 3 is 2.38 bits per heavy atom. The van der Waals surface area contributed by atoms with Gasteiger partial charge in [-0.1, -0.05) is 30.0 Å². The van der Waals surface area contributed by atoms with Crippen molar-refractivity contribution < 1.29 is 27.5 Å². The van der Waals surface area contributed by atoms with Crippen LogP contribution in [-0.4, -0.2) is 41.7 Å². The molecule has 0 spiro atoms. The van der Waals surface area contributed by atoms with Crippen LogP contribution < -0.4 is 10.1 Å². The lowest BCUT2D eigenvalue weighted by Crippen LogP contribution is -2.35. The summed E-state index contributed by atoms with van der Waals surface area (Å²) in [4.78, 5) is 31.6. The first-order chi connectivity index (χ1) is 15.2. The van der Waals surface area contributed by atoms with Gasteiger partial charge in [-0.3, -0.25) is 9.59 Å². The van der Waals surface area contributed by atoms with E-state index in [0.717, 1.165) is 17.0 Å². The van der Waals surface area contributed by atoms with E-state index >= 15 is 0 Å². The Morgan fingerprint density at radius 1 is 1.03 bits per heavy atom. The number of benzene rings is 2. The number of rotatable bonds is 7. The number of amides is 2. The molecule has 2 amide bonds. The van der Waals surface area contributed by atoms with Crippen molar-refractivity contribution in [1.29, 1.82) is 0 Å². The maximum Gasteiger partial charge on any atom is 0.573 e. The van der Waals surface area contributed by atoms with Gasteiger partial charge >= 0.3 is 6.36 Å². The highest BCUT2D eigenvalue weighted by Crippen LogP contribution is 2.29. The molecule has 0 aliphatic heterocycles. The van der Waals surface area contributed by atoms with E-state index in [1.807, 2.05) is 30.3 Å². The molecule has 0 aliphatic carbocycles. The van der Waals surface area contributed by atoms with Gasteiger partial charge < -0.3 is 15.0 Å². The average Bonchev–Trinajstić information content (AvgIpc) is 2.74. The number of carbonyl (C=O) groups is 2. The highest BCUT2D eigenvalue weighted by molar-refractivity contribution is 7.99. The van der Waals surface area contributed by atoms with Crippen LogP contribution >= 0.6 is 11.8 Å². The maximum atomic E-state index is 12.9. The molecule has 0 saturated carbocycles. The zero-order valence-electron chi connectivity index (χ0n) is 16.8. The number of likely N-dealkylation sites (N-methyl/N-ethyl adjacent to an activating group) is 1. The third kappa shape index (κ3) is 6.74. The molecule has 0 fully saturated rings. The fraction of sp³-hybridized carbons (Fsp3) is 0.136. The molecule has 0 saturated heterocycles. The van der Waals surface area contributed by atoms with Crippen LogP contribution in [0.25, 0.3) is 0 Å². The van der Waals surface area contributed by atoms with Gasteiger partial charge in [0.2, 0.25) is 5.91 Å². The van der Waals surface area contributed by atoms with Crippen molar-refractivity contribution in [3.63, 3.8) is 0 Å². The molecule has 0 aliphatic rings. The fourth-order valence-corrected chi connectivity index (χ4v) is 3.56. The summed E-state index contributed by atoms with van der Waals surface area (Å²) < 4.78 is 40.5. The topological polar surface area (TPSA) is 71.5 Å². The molecule has 0 atom stereocenters. The summed E-state index contributed by atoms with van der Waals surface area (Å²) >= 11 is 1.34. The third-order valence-corrected chi connectivity index (χ3v) is 5.08. The number of aromatic nitrogens is 1. The van der Waals surface area contributed by atoms with Crippen LogP contribution in [0.4, 0.5) is 18.9 Å². The molecular formula is C22H18F3N3O3S. The largest absolute Gasteiger partial charge is 0.573 e. The van der Waals surface area contributed by atoms with Gasteiger partial charge in [0.1, 0.15) is 10.8 Å². The Hall–Kier alpha value is -3.53. The highest BCUT2D eigenvalue weighted by Gasteiger charge is 2.31. The predicted octanol–water partition coefficient (Wildman–Crippen LogP) is 4.84. The summed E-state index contributed by atoms with van der Waals surface area (Å²) in [6.45, 7) is -0.260. The van der Waals surface area contributed by atoms with Crippen LogP contribution in [0, 0.1) is 0 Å². The van der Waals surface area contributed by atoms with Crippen molar-refractivity contribution >= 4 is 29.3 Å². The van der Waals surface area contributed by atoms with Crippen LogP contribution in [0.3, 0.4) is 0 Å². The van der Waals surface area contributed by atoms with E-state index in [0.29, 0.717) is 10.6 Å². The third-order valence-electron chi connectivity index (χ3n) is 4.06. The standard InChI is InChI=1S/C22H18F3N3O3S/c1-28(14-19(29)27-15-9-11-16(12-10-15)31-22(23,24)25)21(30)18-8-5-13-26-20(18)32-17-6-3-2-4-7-17/h2-13H,14H2,1H3,(H,27,29). The number of hydrogen-bond donors (Lipinski definition) is 1. The molecule has 10 heteroatoms. The van der Waals surface area contributed by atoms with Gasteiger partial charge in [0.15, 0.2) is 0 Å². The zero-order valence-corrected chi connectivity index (χ0v) is 17.6. The zero-order chi connectivity index (χ0) is 23.1. The second-order valence-electron chi connectivity index (χ2n) is 6.55. The van der Waals surface area contributed by atoms with Crippen molar-refractivity contribution in [3.8, 4) is 5.75 Å². The van der Waals surface area contributed by atoms with Crippen molar-refractivity contribution in [2.45, 2.75) is 16.3 Å². The van der Waals surface area contributed by atoms with E-state index in [4.69, 9.17) is 0 Å². The maximum absolute atomic E-state index is 12.9. The monoisotopic (exact) mass is 461 g/mol. The van der Waals surface area contributed by atoms with Gasteiger partial charge in [0.05, 0.1) is 12.1 Å². The molecule has 0 bridgehead atoms. The number of nitrogens with zero attached hydrogens (tertiary/aromatic N) is 2. The van der Waals surface area contributed by atoms with E-state index < -0.39 is 18.0 Å². The molecule has 0 unspecified atom stereocenters. The van der Waals surface area contributed by atoms with Crippen molar-refractivity contribution in [3.05, 3.63) is 78.5 Å². The summed E-state index contributed by atoms with van der Waals surface area (Å²) in [5.74, 6) is -1.30. The molecule has 6 nitrogen and oxygen atoms in total. The number of hydrogen-bond acceptors (Lipinski definition) is 5. The molecule has 1 aromatic heterocycles. The number of anilines is 1. The number of halogens is 3. The minimum absolute atomic E-state index is 0.260. The number of nitrogens with one attached hydrogen (secondary N) is 1. The Morgan fingerprint density at radius 2 is 1.72 bits per heavy atom. The molecule has 1 N–H and O–H groups in total. The molecule has 1 heterocycles. The van der Waals surface area contributed by atoms with Gasteiger partial charge in [-0.25, -0.2) is 4.98 Å². The van der Waals surface area contributed by atoms with E-state index in [1.54, 1.807) is 18.3 Å². The van der Waals surface area contributed by atoms with Crippen LogP contribution in [0.5, 0.6) is 5.75 Å². The number of alkyl halides is 3. The van der Waals surface area contributed by atoms with Crippen LogP contribution in [0.1, 0.15) is 10.4 Å². The van der Waals surface area contributed by atoms with Crippen molar-refractivity contribution in [1.82, 2.24) is 9.88 Å². The molecular weight excluding hydrogens is 443 g/mol. The first-order valence-electron chi connectivity index (χ1n) is 9.30. The SMILES string of the molecule is CN(CC(=O)Nc1ccc(OC(F)(F)F)cc1)C(=O)c1cccnc1Sc1ccccc1. The molecule has 166 valence electrons. The smallest absolute Gasteiger partial charge is 0.406 e. The lowest BCUT2D eigenvalue weighted by Gasteiger charge is -2.18. The predicted molar refractivity (Wildman–Crippen MR) is 114 cm³/mol. The number of ether oxygens (including phenoxy) is 1. The number of pyridine rings is 1. The molecule has 3 rings (SSSR count). The fourth-order valence-electron chi connectivity index (χ4n) is 2.67. The van der Waals surface area contributed by atoms with Gasteiger partial charge in [-0.05, 0) is 48.5 Å². The first kappa shape index (κ1) is 23.1. The second kappa shape index (κ2) is 10.2. The van der Waals surface area contributed by atoms with E-state index in [9.17, 15) is 22.8 Å². The summed E-state index contributed by atoms with van der Waals surface area (Å²) in [6, 6.07) is 17.4. The first-order valence-corrected chi connectivity index (χ1v) is 10.1. The lowest BCUT2D eigenvalue weighted by molar-refractivity contribution is -0.274. The quantitative estimate of drug-likeness (QED) is 0.545. The Bertz CT molecular complexity index is 1080. The molecule has 0 radical (unpaired) electrons.